The van der Waals surface area contributed by atoms with Gasteiger partial charge >= 0.3 is 12.1 Å². The molecule has 0 amide bonds. The van der Waals surface area contributed by atoms with E-state index in [0.29, 0.717) is 28.3 Å². The number of hydrogen-bond donors (Lipinski definition) is 2. The zero-order chi connectivity index (χ0) is 19.6. The van der Waals surface area contributed by atoms with E-state index in [1.54, 1.807) is 37.3 Å². The average Bonchev–Trinajstić information content (AvgIpc) is 3.09. The molecule has 0 radical (unpaired) electrons. The molecule has 1 heterocycles. The van der Waals surface area contributed by atoms with Gasteiger partial charge in [-0.1, -0.05) is 18.2 Å². The van der Waals surface area contributed by atoms with Crippen LogP contribution < -0.4 is 5.32 Å². The molecule has 2 aromatic carbocycles. The molecule has 7 heteroatoms. The first-order chi connectivity index (χ1) is 12.8. The lowest BCUT2D eigenvalue weighted by atomic mass is 10.1. The lowest BCUT2D eigenvalue weighted by Gasteiger charge is -2.10. The first-order valence-corrected chi connectivity index (χ1v) is 8.09. The van der Waals surface area contributed by atoms with Gasteiger partial charge in [0.25, 0.3) is 0 Å². The summed E-state index contributed by atoms with van der Waals surface area (Å²) in [6.45, 7) is 1.96. The fourth-order valence-electron chi connectivity index (χ4n) is 2.72. The summed E-state index contributed by atoms with van der Waals surface area (Å²) in [6.07, 6.45) is -4.42. The van der Waals surface area contributed by atoms with Crippen LogP contribution in [0.15, 0.2) is 59.0 Å². The Morgan fingerprint density at radius 3 is 2.56 bits per heavy atom. The standard InChI is InChI=1S/C20H16F3NO3/c1-12-16(19(25)26)6-3-7-17(12)24-11-15-8-9-18(27-15)13-4-2-5-14(10-13)20(21,22)23/h2-10,24H,11H2,1H3,(H,25,26). The van der Waals surface area contributed by atoms with E-state index in [1.807, 2.05) is 0 Å². The Labute approximate surface area is 153 Å². The summed E-state index contributed by atoms with van der Waals surface area (Å²) in [7, 11) is 0. The molecule has 3 rings (SSSR count). The Hall–Kier alpha value is -3.22. The molecule has 0 bridgehead atoms. The lowest BCUT2D eigenvalue weighted by Crippen LogP contribution is -2.05. The van der Waals surface area contributed by atoms with E-state index in [1.165, 1.54) is 12.1 Å². The molecule has 27 heavy (non-hydrogen) atoms. The van der Waals surface area contributed by atoms with Gasteiger partial charge in [-0.3, -0.25) is 0 Å². The molecule has 0 aliphatic heterocycles. The Balaban J connectivity index is 1.76. The highest BCUT2D eigenvalue weighted by atomic mass is 19.4. The number of alkyl halides is 3. The second-order valence-electron chi connectivity index (χ2n) is 5.98. The molecule has 0 spiro atoms. The van der Waals surface area contributed by atoms with Crippen molar-refractivity contribution >= 4 is 11.7 Å². The maximum absolute atomic E-state index is 12.8. The van der Waals surface area contributed by atoms with Crippen LogP contribution in [0.3, 0.4) is 0 Å². The summed E-state index contributed by atoms with van der Waals surface area (Å²) < 4.78 is 44.2. The largest absolute Gasteiger partial charge is 0.478 e. The van der Waals surface area contributed by atoms with Crippen molar-refractivity contribution in [3.8, 4) is 11.3 Å². The summed E-state index contributed by atoms with van der Waals surface area (Å²) >= 11 is 0. The van der Waals surface area contributed by atoms with Crippen LogP contribution in [0.1, 0.15) is 27.2 Å². The lowest BCUT2D eigenvalue weighted by molar-refractivity contribution is -0.137. The van der Waals surface area contributed by atoms with Crippen molar-refractivity contribution in [1.29, 1.82) is 0 Å². The van der Waals surface area contributed by atoms with Gasteiger partial charge in [0, 0.05) is 11.3 Å². The van der Waals surface area contributed by atoms with Crippen LogP contribution in [-0.4, -0.2) is 11.1 Å². The van der Waals surface area contributed by atoms with Gasteiger partial charge in [0.2, 0.25) is 0 Å². The van der Waals surface area contributed by atoms with Crippen molar-refractivity contribution in [2.24, 2.45) is 0 Å². The Bertz CT molecular complexity index is 977. The van der Waals surface area contributed by atoms with E-state index in [4.69, 9.17) is 9.52 Å². The van der Waals surface area contributed by atoms with Gasteiger partial charge in [-0.2, -0.15) is 13.2 Å². The molecule has 0 aliphatic rings. The third-order valence-electron chi connectivity index (χ3n) is 4.15. The van der Waals surface area contributed by atoms with Gasteiger partial charge in [0.05, 0.1) is 17.7 Å². The molecule has 0 saturated heterocycles. The van der Waals surface area contributed by atoms with Crippen molar-refractivity contribution < 1.29 is 27.5 Å². The zero-order valence-corrected chi connectivity index (χ0v) is 14.3. The number of nitrogens with one attached hydrogen (secondary N) is 1. The second kappa shape index (κ2) is 7.19. The molecular formula is C20H16F3NO3. The number of carbonyl (C=O) groups is 1. The first kappa shape index (κ1) is 18.6. The SMILES string of the molecule is Cc1c(NCc2ccc(-c3cccc(C(F)(F)F)c3)o2)cccc1C(=O)O. The van der Waals surface area contributed by atoms with E-state index < -0.39 is 17.7 Å². The van der Waals surface area contributed by atoms with Crippen molar-refractivity contribution in [3.05, 3.63) is 77.0 Å². The molecule has 0 aliphatic carbocycles. The van der Waals surface area contributed by atoms with Crippen LogP contribution in [0.2, 0.25) is 0 Å². The predicted molar refractivity (Wildman–Crippen MR) is 94.6 cm³/mol. The van der Waals surface area contributed by atoms with Crippen molar-refractivity contribution in [1.82, 2.24) is 0 Å². The van der Waals surface area contributed by atoms with Crippen LogP contribution in [0.5, 0.6) is 0 Å². The van der Waals surface area contributed by atoms with Gasteiger partial charge in [0.15, 0.2) is 0 Å². The number of anilines is 1. The van der Waals surface area contributed by atoms with Gasteiger partial charge in [-0.25, -0.2) is 4.79 Å². The van der Waals surface area contributed by atoms with E-state index in [2.05, 4.69) is 5.32 Å². The summed E-state index contributed by atoms with van der Waals surface area (Å²) in [4.78, 5) is 11.2. The number of hydrogen-bond acceptors (Lipinski definition) is 3. The van der Waals surface area contributed by atoms with E-state index >= 15 is 0 Å². The molecule has 0 saturated carbocycles. The number of aromatic carboxylic acids is 1. The molecule has 0 unspecified atom stereocenters. The van der Waals surface area contributed by atoms with Gasteiger partial charge < -0.3 is 14.8 Å². The molecule has 1 aromatic heterocycles. The molecule has 3 aromatic rings. The highest BCUT2D eigenvalue weighted by Crippen LogP contribution is 2.32. The van der Waals surface area contributed by atoms with Crippen LogP contribution in [-0.2, 0) is 12.7 Å². The zero-order valence-electron chi connectivity index (χ0n) is 14.3. The molecule has 4 nitrogen and oxygen atoms in total. The predicted octanol–water partition coefficient (Wildman–Crippen LogP) is 5.58. The van der Waals surface area contributed by atoms with E-state index in [-0.39, 0.29) is 12.1 Å². The monoisotopic (exact) mass is 375 g/mol. The summed E-state index contributed by atoms with van der Waals surface area (Å²) in [5, 5.41) is 12.2. The van der Waals surface area contributed by atoms with Crippen LogP contribution >= 0.6 is 0 Å². The molecule has 0 fully saturated rings. The minimum atomic E-state index is -4.42. The summed E-state index contributed by atoms with van der Waals surface area (Å²) in [5.74, 6) is -0.169. The molecular weight excluding hydrogens is 359 g/mol. The van der Waals surface area contributed by atoms with Crippen molar-refractivity contribution in [2.45, 2.75) is 19.6 Å². The topological polar surface area (TPSA) is 62.5 Å². The Morgan fingerprint density at radius 1 is 1.11 bits per heavy atom. The Morgan fingerprint density at radius 2 is 1.85 bits per heavy atom. The van der Waals surface area contributed by atoms with E-state index in [9.17, 15) is 18.0 Å². The van der Waals surface area contributed by atoms with Gasteiger partial charge in [0.1, 0.15) is 11.5 Å². The smallest absolute Gasteiger partial charge is 0.416 e. The number of furan rings is 1. The first-order valence-electron chi connectivity index (χ1n) is 8.09. The Kier molecular flexibility index (Phi) is 4.94. The molecule has 0 atom stereocenters. The molecule has 140 valence electrons. The normalized spacial score (nSPS) is 11.4. The number of rotatable bonds is 5. The van der Waals surface area contributed by atoms with Gasteiger partial charge in [-0.05, 0) is 48.9 Å². The minimum absolute atomic E-state index is 0.198. The van der Waals surface area contributed by atoms with Gasteiger partial charge in [-0.15, -0.1) is 0 Å². The third-order valence-corrected chi connectivity index (χ3v) is 4.15. The number of halogens is 3. The number of carboxylic acids is 1. The van der Waals surface area contributed by atoms with E-state index in [0.717, 1.165) is 12.1 Å². The van der Waals surface area contributed by atoms with Crippen molar-refractivity contribution in [2.75, 3.05) is 5.32 Å². The minimum Gasteiger partial charge on any atom is -0.478 e. The second-order valence-corrected chi connectivity index (χ2v) is 5.98. The quantitative estimate of drug-likeness (QED) is 0.611. The highest BCUT2D eigenvalue weighted by Gasteiger charge is 2.30. The number of benzene rings is 2. The summed E-state index contributed by atoms with van der Waals surface area (Å²) in [5.41, 5.74) is 1.03. The third kappa shape index (κ3) is 4.13. The fraction of sp³-hybridized carbons (Fsp3) is 0.150. The summed E-state index contributed by atoms with van der Waals surface area (Å²) in [6, 6.07) is 13.1. The highest BCUT2D eigenvalue weighted by molar-refractivity contribution is 5.91. The number of carboxylic acid groups (broad SMARTS) is 1. The van der Waals surface area contributed by atoms with Crippen LogP contribution in [0, 0.1) is 6.92 Å². The molecule has 2 N–H and O–H groups in total. The van der Waals surface area contributed by atoms with Crippen LogP contribution in [0.4, 0.5) is 18.9 Å². The average molecular weight is 375 g/mol. The van der Waals surface area contributed by atoms with Crippen LogP contribution in [0.25, 0.3) is 11.3 Å². The van der Waals surface area contributed by atoms with Crippen molar-refractivity contribution in [3.63, 3.8) is 0 Å². The maximum Gasteiger partial charge on any atom is 0.416 e. The maximum atomic E-state index is 12.8. The fourth-order valence-corrected chi connectivity index (χ4v) is 2.72.